The highest BCUT2D eigenvalue weighted by molar-refractivity contribution is 7.80. The maximum absolute atomic E-state index is 12.2. The Morgan fingerprint density at radius 3 is 2.35 bits per heavy atom. The van der Waals surface area contributed by atoms with Gasteiger partial charge in [-0.3, -0.25) is 5.32 Å². The number of thiol groups is 1. The molecule has 1 aromatic rings. The lowest BCUT2D eigenvalue weighted by molar-refractivity contribution is -0.275. The Bertz CT molecular complexity index is 368. The molecule has 0 aliphatic carbocycles. The molecule has 0 fully saturated rings. The van der Waals surface area contributed by atoms with Crippen molar-refractivity contribution in [1.82, 2.24) is 5.32 Å². The molecule has 0 bridgehead atoms. The van der Waals surface area contributed by atoms with Gasteiger partial charge in [0.25, 0.3) is 0 Å². The molecule has 2 unspecified atom stereocenters. The van der Waals surface area contributed by atoms with E-state index in [4.69, 9.17) is 0 Å². The van der Waals surface area contributed by atoms with Gasteiger partial charge >= 0.3 is 6.36 Å². The standard InChI is InChI=1S/C11H14F3NOS/c1-7(15-8(2)17)9-5-3-4-6-10(9)16-11(12,13)14/h3-8,15,17H,1-2H3. The van der Waals surface area contributed by atoms with E-state index in [1.807, 2.05) is 0 Å². The van der Waals surface area contributed by atoms with Crippen LogP contribution in [0.25, 0.3) is 0 Å². The summed E-state index contributed by atoms with van der Waals surface area (Å²) >= 11 is 4.13. The smallest absolute Gasteiger partial charge is 0.405 e. The van der Waals surface area contributed by atoms with Crippen LogP contribution in [0.2, 0.25) is 0 Å². The van der Waals surface area contributed by atoms with E-state index >= 15 is 0 Å². The zero-order valence-electron chi connectivity index (χ0n) is 9.45. The molecule has 0 spiro atoms. The van der Waals surface area contributed by atoms with Crippen molar-refractivity contribution >= 4 is 12.6 Å². The van der Waals surface area contributed by atoms with E-state index in [1.54, 1.807) is 26.0 Å². The topological polar surface area (TPSA) is 21.3 Å². The molecule has 2 atom stereocenters. The molecule has 0 heterocycles. The van der Waals surface area contributed by atoms with Crippen LogP contribution < -0.4 is 10.1 Å². The molecule has 6 heteroatoms. The van der Waals surface area contributed by atoms with E-state index in [0.717, 1.165) is 0 Å². The molecule has 1 N–H and O–H groups in total. The van der Waals surface area contributed by atoms with Crippen molar-refractivity contribution in [3.05, 3.63) is 29.8 Å². The van der Waals surface area contributed by atoms with Crippen LogP contribution in [0.1, 0.15) is 25.5 Å². The maximum Gasteiger partial charge on any atom is 0.573 e. The number of alkyl halides is 3. The molecule has 0 aliphatic rings. The van der Waals surface area contributed by atoms with E-state index in [-0.39, 0.29) is 17.2 Å². The predicted octanol–water partition coefficient (Wildman–Crippen LogP) is 3.51. The third-order valence-electron chi connectivity index (χ3n) is 2.10. The SMILES string of the molecule is CC(S)NC(C)c1ccccc1OC(F)(F)F. The van der Waals surface area contributed by atoms with Crippen molar-refractivity contribution in [3.63, 3.8) is 0 Å². The van der Waals surface area contributed by atoms with Crippen molar-refractivity contribution in [2.75, 3.05) is 0 Å². The summed E-state index contributed by atoms with van der Waals surface area (Å²) in [6, 6.07) is 5.78. The Labute approximate surface area is 104 Å². The monoisotopic (exact) mass is 265 g/mol. The number of benzene rings is 1. The summed E-state index contributed by atoms with van der Waals surface area (Å²) in [7, 11) is 0. The van der Waals surface area contributed by atoms with Crippen molar-refractivity contribution in [2.45, 2.75) is 31.6 Å². The zero-order chi connectivity index (χ0) is 13.1. The summed E-state index contributed by atoms with van der Waals surface area (Å²) in [6.07, 6.45) is -4.68. The Hall–Kier alpha value is -0.880. The summed E-state index contributed by atoms with van der Waals surface area (Å²) < 4.78 is 40.5. The highest BCUT2D eigenvalue weighted by Crippen LogP contribution is 2.30. The molecular weight excluding hydrogens is 251 g/mol. The quantitative estimate of drug-likeness (QED) is 0.642. The largest absolute Gasteiger partial charge is 0.573 e. The summed E-state index contributed by atoms with van der Waals surface area (Å²) in [4.78, 5) is 0. The highest BCUT2D eigenvalue weighted by atomic mass is 32.1. The lowest BCUT2D eigenvalue weighted by Crippen LogP contribution is -2.26. The van der Waals surface area contributed by atoms with Crippen LogP contribution in [0.4, 0.5) is 13.2 Å². The third-order valence-corrected chi connectivity index (χ3v) is 2.25. The minimum Gasteiger partial charge on any atom is -0.405 e. The molecule has 0 saturated heterocycles. The number of ether oxygens (including phenoxy) is 1. The molecule has 0 saturated carbocycles. The summed E-state index contributed by atoms with van der Waals surface area (Å²) in [5.74, 6) is -0.186. The summed E-state index contributed by atoms with van der Waals surface area (Å²) in [5, 5.41) is 2.88. The van der Waals surface area contributed by atoms with E-state index < -0.39 is 6.36 Å². The second-order valence-electron chi connectivity index (χ2n) is 3.65. The fourth-order valence-electron chi connectivity index (χ4n) is 1.51. The van der Waals surface area contributed by atoms with Gasteiger partial charge in [-0.05, 0) is 19.9 Å². The van der Waals surface area contributed by atoms with Crippen molar-refractivity contribution < 1.29 is 17.9 Å². The summed E-state index contributed by atoms with van der Waals surface area (Å²) in [5.41, 5.74) is 0.450. The number of rotatable bonds is 4. The van der Waals surface area contributed by atoms with Crippen molar-refractivity contribution in [3.8, 4) is 5.75 Å². The molecule has 0 aliphatic heterocycles. The molecule has 96 valence electrons. The van der Waals surface area contributed by atoms with Crippen molar-refractivity contribution in [2.24, 2.45) is 0 Å². The molecule has 1 rings (SSSR count). The van der Waals surface area contributed by atoms with Gasteiger partial charge in [-0.25, -0.2) is 0 Å². The van der Waals surface area contributed by atoms with Crippen LogP contribution in [0.5, 0.6) is 5.75 Å². The number of hydrogen-bond donors (Lipinski definition) is 2. The van der Waals surface area contributed by atoms with E-state index in [0.29, 0.717) is 5.56 Å². The van der Waals surface area contributed by atoms with Crippen LogP contribution in [0.3, 0.4) is 0 Å². The van der Waals surface area contributed by atoms with Gasteiger partial charge in [-0.1, -0.05) is 18.2 Å². The predicted molar refractivity (Wildman–Crippen MR) is 63.1 cm³/mol. The van der Waals surface area contributed by atoms with Gasteiger partial charge in [-0.15, -0.1) is 13.2 Å². The minimum absolute atomic E-state index is 0.121. The van der Waals surface area contributed by atoms with Crippen LogP contribution in [-0.4, -0.2) is 11.7 Å². The fraction of sp³-hybridized carbons (Fsp3) is 0.455. The average molecular weight is 265 g/mol. The number of halogens is 3. The van der Waals surface area contributed by atoms with Gasteiger partial charge in [-0.2, -0.15) is 12.6 Å². The Morgan fingerprint density at radius 1 is 1.24 bits per heavy atom. The Kier molecular flexibility index (Phi) is 4.70. The second-order valence-corrected chi connectivity index (χ2v) is 4.42. The number of nitrogens with one attached hydrogen (secondary N) is 1. The van der Waals surface area contributed by atoms with E-state index in [1.165, 1.54) is 12.1 Å². The van der Waals surface area contributed by atoms with Gasteiger partial charge in [0.05, 0.1) is 0 Å². The van der Waals surface area contributed by atoms with Crippen LogP contribution in [0, 0.1) is 0 Å². The Balaban J connectivity index is 2.91. The molecule has 1 aromatic carbocycles. The van der Waals surface area contributed by atoms with Gasteiger partial charge in [0, 0.05) is 17.0 Å². The first-order valence-electron chi connectivity index (χ1n) is 5.08. The lowest BCUT2D eigenvalue weighted by atomic mass is 10.1. The van der Waals surface area contributed by atoms with Gasteiger partial charge in [0.1, 0.15) is 5.75 Å². The third kappa shape index (κ3) is 4.87. The lowest BCUT2D eigenvalue weighted by Gasteiger charge is -2.20. The van der Waals surface area contributed by atoms with Crippen LogP contribution in [0.15, 0.2) is 24.3 Å². The van der Waals surface area contributed by atoms with Crippen LogP contribution in [-0.2, 0) is 0 Å². The first-order chi connectivity index (χ1) is 7.79. The normalized spacial score (nSPS) is 15.4. The summed E-state index contributed by atoms with van der Waals surface area (Å²) in [6.45, 7) is 3.55. The minimum atomic E-state index is -4.68. The molecular formula is C11H14F3NOS. The van der Waals surface area contributed by atoms with E-state index in [2.05, 4.69) is 22.7 Å². The molecule has 17 heavy (non-hydrogen) atoms. The van der Waals surface area contributed by atoms with E-state index in [9.17, 15) is 13.2 Å². The number of para-hydroxylation sites is 1. The molecule has 2 nitrogen and oxygen atoms in total. The second kappa shape index (κ2) is 5.64. The van der Waals surface area contributed by atoms with Gasteiger partial charge in [0.15, 0.2) is 0 Å². The molecule has 0 radical (unpaired) electrons. The zero-order valence-corrected chi connectivity index (χ0v) is 10.3. The maximum atomic E-state index is 12.2. The number of hydrogen-bond acceptors (Lipinski definition) is 3. The molecule has 0 aromatic heterocycles. The Morgan fingerprint density at radius 2 is 1.82 bits per heavy atom. The average Bonchev–Trinajstić information content (AvgIpc) is 2.14. The first-order valence-corrected chi connectivity index (χ1v) is 5.60. The van der Waals surface area contributed by atoms with Crippen LogP contribution >= 0.6 is 12.6 Å². The highest BCUT2D eigenvalue weighted by Gasteiger charge is 2.32. The molecule has 0 amide bonds. The van der Waals surface area contributed by atoms with Gasteiger partial charge in [0.2, 0.25) is 0 Å². The van der Waals surface area contributed by atoms with Crippen molar-refractivity contribution in [1.29, 1.82) is 0 Å². The fourth-order valence-corrected chi connectivity index (χ4v) is 1.73. The first kappa shape index (κ1) is 14.2. The van der Waals surface area contributed by atoms with Gasteiger partial charge < -0.3 is 4.74 Å².